The second kappa shape index (κ2) is 10.0. The highest BCUT2D eigenvalue weighted by atomic mass is 79.9. The summed E-state index contributed by atoms with van der Waals surface area (Å²) in [5, 5.41) is 10.5. The van der Waals surface area contributed by atoms with Gasteiger partial charge in [-0.2, -0.15) is 0 Å². The number of imidazole rings is 1. The monoisotopic (exact) mass is 446 g/mol. The molecule has 150 valence electrons. The molecule has 0 saturated carbocycles. The van der Waals surface area contributed by atoms with Gasteiger partial charge in [0.05, 0.1) is 36.9 Å². The minimum Gasteiger partial charge on any atom is -0.491 e. The number of rotatable bonds is 10. The van der Waals surface area contributed by atoms with Gasteiger partial charge in [0.15, 0.2) is 0 Å². The first-order valence-electron chi connectivity index (χ1n) is 9.67. The second-order valence-corrected chi connectivity index (χ2v) is 7.83. The van der Waals surface area contributed by atoms with Crippen LogP contribution < -0.4 is 4.74 Å². The van der Waals surface area contributed by atoms with Crippen LogP contribution in [0.4, 0.5) is 0 Å². The van der Waals surface area contributed by atoms with Gasteiger partial charge >= 0.3 is 0 Å². The largest absolute Gasteiger partial charge is 0.491 e. The first kappa shape index (κ1) is 20.8. The van der Waals surface area contributed by atoms with Crippen molar-refractivity contribution in [2.45, 2.75) is 38.8 Å². The molecular weight excluding hydrogens is 420 g/mol. The molecule has 2 unspecified atom stereocenters. The summed E-state index contributed by atoms with van der Waals surface area (Å²) in [6.45, 7) is 5.92. The Balaban J connectivity index is 1.51. The van der Waals surface area contributed by atoms with Crippen LogP contribution in [0.3, 0.4) is 0 Å². The lowest BCUT2D eigenvalue weighted by atomic mass is 10.1. The molecule has 1 heterocycles. The number of aliphatic hydroxyl groups is 1. The average molecular weight is 447 g/mol. The van der Waals surface area contributed by atoms with E-state index in [0.717, 1.165) is 33.5 Å². The van der Waals surface area contributed by atoms with Crippen molar-refractivity contribution in [3.63, 3.8) is 0 Å². The van der Waals surface area contributed by atoms with Gasteiger partial charge in [0, 0.05) is 10.4 Å². The van der Waals surface area contributed by atoms with Crippen LogP contribution in [-0.4, -0.2) is 40.6 Å². The van der Waals surface area contributed by atoms with Crippen LogP contribution in [-0.2, 0) is 11.3 Å². The highest BCUT2D eigenvalue weighted by Crippen LogP contribution is 2.24. The molecule has 0 aliphatic heterocycles. The number of ether oxygens (including phenoxy) is 2. The Morgan fingerprint density at radius 2 is 1.86 bits per heavy atom. The Bertz CT molecular complexity index is 879. The molecule has 2 aromatic carbocycles. The molecule has 0 bridgehead atoms. The van der Waals surface area contributed by atoms with Crippen LogP contribution in [0.5, 0.6) is 5.75 Å². The second-order valence-electron chi connectivity index (χ2n) is 6.91. The number of nitrogens with zero attached hydrogens (tertiary/aromatic N) is 2. The molecule has 0 amide bonds. The summed E-state index contributed by atoms with van der Waals surface area (Å²) >= 11 is 3.40. The highest BCUT2D eigenvalue weighted by molar-refractivity contribution is 9.10. The molecule has 5 nitrogen and oxygen atoms in total. The fraction of sp³-hybridized carbons (Fsp3) is 0.409. The van der Waals surface area contributed by atoms with Gasteiger partial charge in [0.25, 0.3) is 0 Å². The van der Waals surface area contributed by atoms with E-state index in [1.165, 1.54) is 0 Å². The topological polar surface area (TPSA) is 56.5 Å². The summed E-state index contributed by atoms with van der Waals surface area (Å²) < 4.78 is 14.4. The van der Waals surface area contributed by atoms with E-state index < -0.39 is 6.10 Å². The summed E-state index contributed by atoms with van der Waals surface area (Å²) in [7, 11) is 0. The number of aliphatic hydroxyl groups excluding tert-OH is 1. The molecule has 1 N–H and O–H groups in total. The van der Waals surface area contributed by atoms with E-state index in [0.29, 0.717) is 25.7 Å². The fourth-order valence-electron chi connectivity index (χ4n) is 3.08. The van der Waals surface area contributed by atoms with Gasteiger partial charge in [0.1, 0.15) is 18.2 Å². The van der Waals surface area contributed by atoms with Gasteiger partial charge in [-0.3, -0.25) is 0 Å². The van der Waals surface area contributed by atoms with Crippen molar-refractivity contribution >= 4 is 27.0 Å². The average Bonchev–Trinajstić information content (AvgIpc) is 3.07. The SMILES string of the molecule is CCC(C)c1nc2ccccc2n1CC(O)COCCOc1ccc(Br)cc1. The van der Waals surface area contributed by atoms with E-state index in [1.54, 1.807) is 0 Å². The van der Waals surface area contributed by atoms with E-state index in [9.17, 15) is 5.11 Å². The fourth-order valence-corrected chi connectivity index (χ4v) is 3.34. The van der Waals surface area contributed by atoms with Crippen LogP contribution in [0.1, 0.15) is 32.0 Å². The Hall–Kier alpha value is -1.89. The lowest BCUT2D eigenvalue weighted by Crippen LogP contribution is -2.24. The smallest absolute Gasteiger partial charge is 0.119 e. The molecule has 3 aromatic rings. The van der Waals surface area contributed by atoms with Crippen LogP contribution >= 0.6 is 15.9 Å². The number of halogens is 1. The maximum absolute atomic E-state index is 10.5. The van der Waals surface area contributed by atoms with Crippen LogP contribution in [0.2, 0.25) is 0 Å². The lowest BCUT2D eigenvalue weighted by Gasteiger charge is -2.17. The molecule has 0 aliphatic rings. The predicted molar refractivity (Wildman–Crippen MR) is 115 cm³/mol. The summed E-state index contributed by atoms with van der Waals surface area (Å²) in [5.41, 5.74) is 2.02. The summed E-state index contributed by atoms with van der Waals surface area (Å²) in [6.07, 6.45) is 0.400. The Morgan fingerprint density at radius 3 is 2.61 bits per heavy atom. The standard InChI is InChI=1S/C22H27BrN2O3/c1-3-16(2)22-24-20-6-4-5-7-21(20)25(22)14-18(26)15-27-12-13-28-19-10-8-17(23)9-11-19/h4-11,16,18,26H,3,12-15H2,1-2H3. The molecule has 0 radical (unpaired) electrons. The number of benzene rings is 2. The van der Waals surface area contributed by atoms with Gasteiger partial charge in [-0.05, 0) is 42.8 Å². The van der Waals surface area contributed by atoms with E-state index >= 15 is 0 Å². The molecular formula is C22H27BrN2O3. The zero-order chi connectivity index (χ0) is 19.9. The Labute approximate surface area is 174 Å². The normalized spacial score (nSPS) is 13.6. The number of hydrogen-bond donors (Lipinski definition) is 1. The minimum atomic E-state index is -0.604. The van der Waals surface area contributed by atoms with Gasteiger partial charge < -0.3 is 19.1 Å². The highest BCUT2D eigenvalue weighted by Gasteiger charge is 2.17. The molecule has 1 aromatic heterocycles. The lowest BCUT2D eigenvalue weighted by molar-refractivity contribution is 0.0174. The predicted octanol–water partition coefficient (Wildman–Crippen LogP) is 4.77. The van der Waals surface area contributed by atoms with Crippen molar-refractivity contribution in [2.24, 2.45) is 0 Å². The molecule has 0 aliphatic carbocycles. The van der Waals surface area contributed by atoms with Gasteiger partial charge in [-0.25, -0.2) is 4.98 Å². The quantitative estimate of drug-likeness (QED) is 0.455. The zero-order valence-electron chi connectivity index (χ0n) is 16.3. The van der Waals surface area contributed by atoms with Crippen molar-refractivity contribution < 1.29 is 14.6 Å². The maximum atomic E-state index is 10.5. The maximum Gasteiger partial charge on any atom is 0.119 e. The van der Waals surface area contributed by atoms with Crippen LogP contribution in [0.15, 0.2) is 53.0 Å². The van der Waals surface area contributed by atoms with Gasteiger partial charge in [0.2, 0.25) is 0 Å². The van der Waals surface area contributed by atoms with E-state index in [4.69, 9.17) is 14.5 Å². The first-order valence-corrected chi connectivity index (χ1v) is 10.5. The number of para-hydroxylation sites is 2. The van der Waals surface area contributed by atoms with Crippen LogP contribution in [0.25, 0.3) is 11.0 Å². The summed E-state index contributed by atoms with van der Waals surface area (Å²) in [4.78, 5) is 4.77. The van der Waals surface area contributed by atoms with E-state index in [2.05, 4.69) is 34.3 Å². The number of aromatic nitrogens is 2. The van der Waals surface area contributed by atoms with E-state index in [1.807, 2.05) is 48.5 Å². The molecule has 0 spiro atoms. The van der Waals surface area contributed by atoms with Gasteiger partial charge in [-0.1, -0.05) is 41.9 Å². The van der Waals surface area contributed by atoms with Crippen molar-refractivity contribution in [3.05, 3.63) is 58.8 Å². The minimum absolute atomic E-state index is 0.260. The molecule has 6 heteroatoms. The molecule has 2 atom stereocenters. The summed E-state index contributed by atoms with van der Waals surface area (Å²) in [5.74, 6) is 2.15. The Morgan fingerprint density at radius 1 is 1.11 bits per heavy atom. The van der Waals surface area contributed by atoms with Crippen molar-refractivity contribution in [1.29, 1.82) is 0 Å². The van der Waals surface area contributed by atoms with Crippen molar-refractivity contribution in [2.75, 3.05) is 19.8 Å². The third-order valence-corrected chi connectivity index (χ3v) is 5.28. The third kappa shape index (κ3) is 5.34. The Kier molecular flexibility index (Phi) is 7.48. The van der Waals surface area contributed by atoms with Crippen molar-refractivity contribution in [1.82, 2.24) is 9.55 Å². The molecule has 0 saturated heterocycles. The zero-order valence-corrected chi connectivity index (χ0v) is 17.9. The number of fused-ring (bicyclic) bond motifs is 1. The first-order chi connectivity index (χ1) is 13.6. The van der Waals surface area contributed by atoms with Crippen LogP contribution in [0, 0.1) is 0 Å². The summed E-state index contributed by atoms with van der Waals surface area (Å²) in [6, 6.07) is 15.7. The third-order valence-electron chi connectivity index (χ3n) is 4.75. The number of hydrogen-bond acceptors (Lipinski definition) is 4. The van der Waals surface area contributed by atoms with E-state index in [-0.39, 0.29) is 6.61 Å². The van der Waals surface area contributed by atoms with Crippen molar-refractivity contribution in [3.8, 4) is 5.75 Å². The molecule has 0 fully saturated rings. The van der Waals surface area contributed by atoms with Gasteiger partial charge in [-0.15, -0.1) is 0 Å². The molecule has 28 heavy (non-hydrogen) atoms. The molecule has 3 rings (SSSR count).